The van der Waals surface area contributed by atoms with Crippen LogP contribution in [0.5, 0.6) is 0 Å². The van der Waals surface area contributed by atoms with E-state index >= 15 is 0 Å². The quantitative estimate of drug-likeness (QED) is 0.130. The van der Waals surface area contributed by atoms with Crippen LogP contribution in [0.2, 0.25) is 0 Å². The molecule has 0 spiro atoms. The Hall–Kier alpha value is -6.03. The summed E-state index contributed by atoms with van der Waals surface area (Å²) in [5.74, 6) is 4.01. The van der Waals surface area contributed by atoms with Crippen LogP contribution in [0.15, 0.2) is 153 Å². The van der Waals surface area contributed by atoms with Gasteiger partial charge in [-0.2, -0.15) is 0 Å². The molecular weight excluding hydrogens is 599 g/mol. The maximum absolute atomic E-state index is 6.03. The summed E-state index contributed by atoms with van der Waals surface area (Å²) in [6, 6.07) is 47.0. The Balaban J connectivity index is 1.16. The van der Waals surface area contributed by atoms with Crippen LogP contribution >= 0.6 is 11.8 Å². The van der Waals surface area contributed by atoms with E-state index in [0.29, 0.717) is 11.8 Å². The van der Waals surface area contributed by atoms with Gasteiger partial charge in [0.1, 0.15) is 11.0 Å². The van der Waals surface area contributed by atoms with E-state index in [1.165, 1.54) is 0 Å². The Kier molecular flexibility index (Phi) is 7.29. The zero-order chi connectivity index (χ0) is 31.7. The first-order valence-electron chi connectivity index (χ1n) is 15.1. The Labute approximate surface area is 276 Å². The third-order valence-corrected chi connectivity index (χ3v) is 8.94. The second-order valence-corrected chi connectivity index (χ2v) is 11.9. The van der Waals surface area contributed by atoms with Crippen molar-refractivity contribution in [2.24, 2.45) is 0 Å². The molecule has 0 aliphatic rings. The van der Waals surface area contributed by atoms with E-state index in [1.54, 1.807) is 11.8 Å². The van der Waals surface area contributed by atoms with Crippen LogP contribution in [-0.4, -0.2) is 16.2 Å². The monoisotopic (exact) mass is 625 g/mol. The topological polar surface area (TPSA) is 55.3 Å². The Morgan fingerprint density at radius 3 is 1.45 bits per heavy atom. The molecule has 0 N–H and O–H groups in total. The van der Waals surface area contributed by atoms with Crippen LogP contribution in [0.4, 0.5) is 17.1 Å². The van der Waals surface area contributed by atoms with Crippen molar-refractivity contribution >= 4 is 51.0 Å². The number of hydrogen-bond acceptors (Lipinski definition) is 6. The molecule has 5 nitrogen and oxygen atoms in total. The summed E-state index contributed by atoms with van der Waals surface area (Å²) >= 11 is 1.66. The van der Waals surface area contributed by atoms with Crippen molar-refractivity contribution in [3.8, 4) is 46.4 Å². The molecule has 0 radical (unpaired) electrons. The van der Waals surface area contributed by atoms with Gasteiger partial charge in [-0.1, -0.05) is 48.4 Å². The molecule has 0 saturated carbocycles. The summed E-state index contributed by atoms with van der Waals surface area (Å²) in [6.45, 7) is 0. The van der Waals surface area contributed by atoms with E-state index < -0.39 is 0 Å². The van der Waals surface area contributed by atoms with Gasteiger partial charge in [-0.25, -0.2) is 9.97 Å². The van der Waals surface area contributed by atoms with Gasteiger partial charge in [0.05, 0.1) is 0 Å². The lowest BCUT2D eigenvalue weighted by molar-refractivity contribution is 0.619. The van der Waals surface area contributed by atoms with Crippen molar-refractivity contribution < 1.29 is 8.83 Å². The first kappa shape index (κ1) is 28.4. The van der Waals surface area contributed by atoms with Crippen LogP contribution in [0.25, 0.3) is 56.2 Å². The number of terminal acetylenes is 1. The Bertz CT molecular complexity index is 2220. The van der Waals surface area contributed by atoms with E-state index in [0.717, 1.165) is 72.0 Å². The molecule has 47 heavy (non-hydrogen) atoms. The molecule has 0 bridgehead atoms. The van der Waals surface area contributed by atoms with Gasteiger partial charge in [0.25, 0.3) is 0 Å². The zero-order valence-electron chi connectivity index (χ0n) is 25.4. The van der Waals surface area contributed by atoms with Gasteiger partial charge in [-0.3, -0.25) is 0 Å². The molecule has 0 atom stereocenters. The highest BCUT2D eigenvalue weighted by Gasteiger charge is 2.16. The lowest BCUT2D eigenvalue weighted by atomic mass is 10.0. The zero-order valence-corrected chi connectivity index (χ0v) is 26.2. The molecule has 8 aromatic rings. The van der Waals surface area contributed by atoms with Gasteiger partial charge < -0.3 is 13.7 Å². The maximum Gasteiger partial charge on any atom is 0.227 e. The normalized spacial score (nSPS) is 11.1. The van der Waals surface area contributed by atoms with Crippen molar-refractivity contribution in [1.29, 1.82) is 0 Å². The molecule has 0 amide bonds. The number of anilines is 3. The highest BCUT2D eigenvalue weighted by molar-refractivity contribution is 7.98. The first-order valence-corrected chi connectivity index (χ1v) is 16.4. The predicted octanol–water partition coefficient (Wildman–Crippen LogP) is 11.1. The third-order valence-electron chi connectivity index (χ3n) is 8.15. The number of fused-ring (bicyclic) bond motifs is 2. The van der Waals surface area contributed by atoms with E-state index in [2.05, 4.69) is 87.5 Å². The van der Waals surface area contributed by atoms with E-state index in [9.17, 15) is 0 Å². The number of oxazole rings is 2. The molecule has 0 unspecified atom stereocenters. The predicted molar refractivity (Wildman–Crippen MR) is 192 cm³/mol. The minimum atomic E-state index is 0.593. The van der Waals surface area contributed by atoms with Crippen molar-refractivity contribution in [3.63, 3.8) is 0 Å². The van der Waals surface area contributed by atoms with Crippen LogP contribution in [0, 0.1) is 12.3 Å². The Morgan fingerprint density at radius 2 is 1.00 bits per heavy atom. The van der Waals surface area contributed by atoms with Crippen LogP contribution in [0.3, 0.4) is 0 Å². The van der Waals surface area contributed by atoms with E-state index in [1.807, 2.05) is 79.1 Å². The number of benzene rings is 6. The summed E-state index contributed by atoms with van der Waals surface area (Å²) in [5, 5.41) is 0. The first-order chi connectivity index (χ1) is 23.2. The fourth-order valence-corrected chi connectivity index (χ4v) is 6.29. The van der Waals surface area contributed by atoms with Gasteiger partial charge >= 0.3 is 0 Å². The molecule has 6 heteroatoms. The van der Waals surface area contributed by atoms with Crippen molar-refractivity contribution in [2.45, 2.75) is 4.90 Å². The molecule has 6 aromatic carbocycles. The van der Waals surface area contributed by atoms with Gasteiger partial charge in [0.15, 0.2) is 11.2 Å². The van der Waals surface area contributed by atoms with E-state index in [-0.39, 0.29) is 0 Å². The van der Waals surface area contributed by atoms with Gasteiger partial charge in [-0.15, -0.1) is 18.2 Å². The minimum Gasteiger partial charge on any atom is -0.436 e. The Morgan fingerprint density at radius 1 is 0.553 bits per heavy atom. The third kappa shape index (κ3) is 5.43. The van der Waals surface area contributed by atoms with E-state index in [4.69, 9.17) is 15.3 Å². The standard InChI is InChI=1S/C41H27N3O2S/c1-3-27-26-31(18-25-39(27)47-2)28-12-19-32(20-13-28)44(33-21-14-29(15-22-33)40-42-35-8-4-6-10-37(35)45-40)34-23-16-30(17-24-34)41-43-36-9-5-7-11-38(36)46-41/h1,4-26H,2H3. The second-order valence-electron chi connectivity index (χ2n) is 11.0. The van der Waals surface area contributed by atoms with Crippen LogP contribution in [0.1, 0.15) is 5.56 Å². The lowest BCUT2D eigenvalue weighted by Crippen LogP contribution is -2.09. The highest BCUT2D eigenvalue weighted by Crippen LogP contribution is 2.38. The molecule has 0 fully saturated rings. The smallest absolute Gasteiger partial charge is 0.227 e. The number of nitrogens with zero attached hydrogens (tertiary/aromatic N) is 3. The number of hydrogen-bond donors (Lipinski definition) is 0. The molecule has 0 saturated heterocycles. The lowest BCUT2D eigenvalue weighted by Gasteiger charge is -2.26. The molecular formula is C41H27N3O2S. The highest BCUT2D eigenvalue weighted by atomic mass is 32.2. The maximum atomic E-state index is 6.03. The summed E-state index contributed by atoms with van der Waals surface area (Å²) in [7, 11) is 0. The summed E-state index contributed by atoms with van der Waals surface area (Å²) in [5.41, 5.74) is 11.1. The fraction of sp³-hybridized carbons (Fsp3) is 0.0244. The molecule has 8 rings (SSSR count). The van der Waals surface area contributed by atoms with Crippen LogP contribution in [-0.2, 0) is 0 Å². The SMILES string of the molecule is C#Cc1cc(-c2ccc(N(c3ccc(-c4nc5ccccc5o4)cc3)c3ccc(-c4nc5ccccc5o4)cc3)cc2)ccc1SC. The van der Waals surface area contributed by atoms with Crippen molar-refractivity contribution in [1.82, 2.24) is 9.97 Å². The van der Waals surface area contributed by atoms with Crippen molar-refractivity contribution in [3.05, 3.63) is 145 Å². The second kappa shape index (κ2) is 12.1. The summed E-state index contributed by atoms with van der Waals surface area (Å²) in [4.78, 5) is 12.7. The summed E-state index contributed by atoms with van der Waals surface area (Å²) < 4.78 is 12.1. The molecule has 224 valence electrons. The molecule has 2 aromatic heterocycles. The average molecular weight is 626 g/mol. The average Bonchev–Trinajstić information content (AvgIpc) is 3.77. The van der Waals surface area contributed by atoms with Gasteiger partial charge in [0.2, 0.25) is 11.8 Å². The summed E-state index contributed by atoms with van der Waals surface area (Å²) in [6.07, 6.45) is 7.85. The van der Waals surface area contributed by atoms with Crippen molar-refractivity contribution in [2.75, 3.05) is 11.2 Å². The molecule has 0 aliphatic heterocycles. The number of aromatic nitrogens is 2. The molecule has 0 aliphatic carbocycles. The van der Waals surface area contributed by atoms with Crippen LogP contribution < -0.4 is 4.90 Å². The fourth-order valence-electron chi connectivity index (χ4n) is 5.75. The number of rotatable bonds is 7. The van der Waals surface area contributed by atoms with Gasteiger partial charge in [0, 0.05) is 38.6 Å². The number of thioether (sulfide) groups is 1. The largest absolute Gasteiger partial charge is 0.436 e. The number of para-hydroxylation sites is 4. The minimum absolute atomic E-state index is 0.593. The van der Waals surface area contributed by atoms with Gasteiger partial charge in [-0.05, 0) is 114 Å². The molecule has 2 heterocycles.